The number of ketones is 1. The zero-order valence-electron chi connectivity index (χ0n) is 12.9. The molecule has 0 saturated heterocycles. The van der Waals surface area contributed by atoms with Crippen molar-refractivity contribution in [3.8, 4) is 0 Å². The number of carboxylic acid groups (broad SMARTS) is 1. The van der Waals surface area contributed by atoms with E-state index in [0.29, 0.717) is 0 Å². The van der Waals surface area contributed by atoms with Gasteiger partial charge < -0.3 is 16.2 Å². The smallest absolute Gasteiger partial charge is 0.304 e. The molecule has 20 heavy (non-hydrogen) atoms. The Morgan fingerprint density at radius 1 is 1.20 bits per heavy atom. The maximum atomic E-state index is 12.2. The second-order valence-electron chi connectivity index (χ2n) is 6.37. The van der Waals surface area contributed by atoms with Gasteiger partial charge in [-0.15, -0.1) is 0 Å². The van der Waals surface area contributed by atoms with Crippen LogP contribution < -0.4 is 11.1 Å². The molecule has 0 aliphatic rings. The van der Waals surface area contributed by atoms with Gasteiger partial charge in [0.15, 0.2) is 5.78 Å². The molecule has 0 spiro atoms. The quantitative estimate of drug-likeness (QED) is 0.641. The normalized spacial score (nSPS) is 14.8. The van der Waals surface area contributed by atoms with Gasteiger partial charge in [0.05, 0.1) is 18.4 Å². The number of nitrogens with two attached hydrogens (primary N) is 1. The van der Waals surface area contributed by atoms with Gasteiger partial charge in [-0.2, -0.15) is 0 Å². The number of rotatable bonds is 7. The van der Waals surface area contributed by atoms with Gasteiger partial charge in [0, 0.05) is 12.5 Å². The van der Waals surface area contributed by atoms with E-state index in [1.54, 1.807) is 34.6 Å². The predicted octanol–water partition coefficient (Wildman–Crippen LogP) is 0.792. The minimum absolute atomic E-state index is 0.00663. The summed E-state index contributed by atoms with van der Waals surface area (Å²) in [6.07, 6.45) is -0.275. The third-order valence-corrected chi connectivity index (χ3v) is 3.21. The van der Waals surface area contributed by atoms with Crippen molar-refractivity contribution in [2.24, 2.45) is 23.0 Å². The van der Waals surface area contributed by atoms with Crippen LogP contribution in [0.1, 0.15) is 41.0 Å². The Morgan fingerprint density at radius 3 is 2.00 bits per heavy atom. The van der Waals surface area contributed by atoms with Crippen molar-refractivity contribution in [3.63, 3.8) is 0 Å². The highest BCUT2D eigenvalue weighted by molar-refractivity contribution is 5.92. The zero-order valence-corrected chi connectivity index (χ0v) is 12.9. The molecule has 0 heterocycles. The number of carboxylic acids is 1. The molecule has 2 atom stereocenters. The van der Waals surface area contributed by atoms with Crippen LogP contribution in [-0.4, -0.2) is 35.4 Å². The summed E-state index contributed by atoms with van der Waals surface area (Å²) in [6, 6.07) is -0.763. The SMILES string of the molecule is CC(C)C(=O)C(CN)NC(=O)C(CC(=O)O)C(C)(C)C. The van der Waals surface area contributed by atoms with Crippen LogP contribution in [0.4, 0.5) is 0 Å². The molecule has 2 unspecified atom stereocenters. The lowest BCUT2D eigenvalue weighted by molar-refractivity contribution is -0.144. The van der Waals surface area contributed by atoms with Gasteiger partial charge in [-0.25, -0.2) is 0 Å². The molecule has 0 bridgehead atoms. The fourth-order valence-corrected chi connectivity index (χ4v) is 1.89. The number of nitrogens with one attached hydrogen (secondary N) is 1. The predicted molar refractivity (Wildman–Crippen MR) is 76.0 cm³/mol. The van der Waals surface area contributed by atoms with Gasteiger partial charge >= 0.3 is 5.97 Å². The molecule has 0 radical (unpaired) electrons. The number of hydrogen-bond acceptors (Lipinski definition) is 4. The fourth-order valence-electron chi connectivity index (χ4n) is 1.89. The van der Waals surface area contributed by atoms with Gasteiger partial charge in [-0.05, 0) is 5.41 Å². The van der Waals surface area contributed by atoms with Crippen molar-refractivity contribution in [1.82, 2.24) is 5.32 Å². The molecule has 0 aliphatic carbocycles. The average molecular weight is 286 g/mol. The number of carbonyl (C=O) groups is 3. The molecular formula is C14H26N2O4. The molecule has 0 saturated carbocycles. The number of Topliss-reactive ketones (excluding diaryl/α,β-unsaturated/α-hetero) is 1. The molecule has 0 aromatic carbocycles. The molecule has 0 aromatic heterocycles. The van der Waals surface area contributed by atoms with Crippen LogP contribution in [0.15, 0.2) is 0 Å². The highest BCUT2D eigenvalue weighted by Crippen LogP contribution is 2.29. The van der Waals surface area contributed by atoms with E-state index in [4.69, 9.17) is 10.8 Å². The highest BCUT2D eigenvalue weighted by atomic mass is 16.4. The van der Waals surface area contributed by atoms with Crippen LogP contribution >= 0.6 is 0 Å². The molecule has 4 N–H and O–H groups in total. The molecule has 0 fully saturated rings. The molecule has 6 nitrogen and oxygen atoms in total. The van der Waals surface area contributed by atoms with Gasteiger partial charge in [-0.1, -0.05) is 34.6 Å². The van der Waals surface area contributed by atoms with Gasteiger partial charge in [0.1, 0.15) is 0 Å². The van der Waals surface area contributed by atoms with Gasteiger partial charge in [0.2, 0.25) is 5.91 Å². The van der Waals surface area contributed by atoms with E-state index in [-0.39, 0.29) is 24.7 Å². The van der Waals surface area contributed by atoms with Crippen molar-refractivity contribution >= 4 is 17.7 Å². The Labute approximate surface area is 120 Å². The zero-order chi connectivity index (χ0) is 16.1. The highest BCUT2D eigenvalue weighted by Gasteiger charge is 2.35. The molecular weight excluding hydrogens is 260 g/mol. The molecule has 0 aromatic rings. The Balaban J connectivity index is 4.99. The van der Waals surface area contributed by atoms with Crippen LogP contribution in [0.3, 0.4) is 0 Å². The van der Waals surface area contributed by atoms with E-state index in [2.05, 4.69) is 5.32 Å². The third-order valence-electron chi connectivity index (χ3n) is 3.21. The summed E-state index contributed by atoms with van der Waals surface area (Å²) in [7, 11) is 0. The summed E-state index contributed by atoms with van der Waals surface area (Å²) in [4.78, 5) is 35.0. The summed E-state index contributed by atoms with van der Waals surface area (Å²) in [6.45, 7) is 8.85. The standard InChI is InChI=1S/C14H26N2O4/c1-8(2)12(19)10(7-15)16-13(20)9(6-11(17)18)14(3,4)5/h8-10H,6-7,15H2,1-5H3,(H,16,20)(H,17,18). The van der Waals surface area contributed by atoms with E-state index in [1.165, 1.54) is 0 Å². The topological polar surface area (TPSA) is 109 Å². The minimum Gasteiger partial charge on any atom is -0.481 e. The monoisotopic (exact) mass is 286 g/mol. The fraction of sp³-hybridized carbons (Fsp3) is 0.786. The van der Waals surface area contributed by atoms with Crippen LogP contribution in [0.25, 0.3) is 0 Å². The summed E-state index contributed by atoms with van der Waals surface area (Å²) in [5, 5.41) is 11.5. The largest absolute Gasteiger partial charge is 0.481 e. The Kier molecular flexibility index (Phi) is 6.85. The Morgan fingerprint density at radius 2 is 1.70 bits per heavy atom. The van der Waals surface area contributed by atoms with Crippen molar-refractivity contribution in [3.05, 3.63) is 0 Å². The van der Waals surface area contributed by atoms with Crippen molar-refractivity contribution in [1.29, 1.82) is 0 Å². The first-order valence-electron chi connectivity index (χ1n) is 6.76. The van der Waals surface area contributed by atoms with Crippen molar-refractivity contribution < 1.29 is 19.5 Å². The Hall–Kier alpha value is -1.43. The number of amides is 1. The number of aliphatic carboxylic acids is 1. The molecule has 6 heteroatoms. The first-order valence-corrected chi connectivity index (χ1v) is 6.76. The second kappa shape index (κ2) is 7.38. The lowest BCUT2D eigenvalue weighted by atomic mass is 9.78. The Bertz CT molecular complexity index is 372. The maximum absolute atomic E-state index is 12.2. The van der Waals surface area contributed by atoms with Crippen molar-refractivity contribution in [2.75, 3.05) is 6.54 Å². The molecule has 1 amide bonds. The van der Waals surface area contributed by atoms with Crippen molar-refractivity contribution in [2.45, 2.75) is 47.1 Å². The lowest BCUT2D eigenvalue weighted by Crippen LogP contribution is -2.51. The van der Waals surface area contributed by atoms with Crippen LogP contribution in [-0.2, 0) is 14.4 Å². The molecule has 0 aliphatic heterocycles. The molecule has 116 valence electrons. The van der Waals surface area contributed by atoms with E-state index in [9.17, 15) is 14.4 Å². The van der Waals surface area contributed by atoms with E-state index in [0.717, 1.165) is 0 Å². The maximum Gasteiger partial charge on any atom is 0.304 e. The summed E-state index contributed by atoms with van der Waals surface area (Å²) >= 11 is 0. The lowest BCUT2D eigenvalue weighted by Gasteiger charge is -2.30. The van der Waals surface area contributed by atoms with Crippen LogP contribution in [0.2, 0.25) is 0 Å². The van der Waals surface area contributed by atoms with E-state index >= 15 is 0 Å². The minimum atomic E-state index is -1.04. The summed E-state index contributed by atoms with van der Waals surface area (Å²) < 4.78 is 0. The first-order chi connectivity index (χ1) is 9.00. The van der Waals surface area contributed by atoms with Crippen LogP contribution in [0.5, 0.6) is 0 Å². The molecule has 0 rings (SSSR count). The summed E-state index contributed by atoms with van der Waals surface area (Å²) in [5.41, 5.74) is 5.01. The van der Waals surface area contributed by atoms with E-state index < -0.39 is 29.3 Å². The van der Waals surface area contributed by atoms with Gasteiger partial charge in [-0.3, -0.25) is 14.4 Å². The second-order valence-corrected chi connectivity index (χ2v) is 6.37. The third kappa shape index (κ3) is 5.69. The van der Waals surface area contributed by atoms with Gasteiger partial charge in [0.25, 0.3) is 0 Å². The first kappa shape index (κ1) is 18.6. The van der Waals surface area contributed by atoms with E-state index in [1.807, 2.05) is 0 Å². The van der Waals surface area contributed by atoms with Crippen LogP contribution in [0, 0.1) is 17.3 Å². The summed E-state index contributed by atoms with van der Waals surface area (Å²) in [5.74, 6) is -2.59. The number of carbonyl (C=O) groups excluding carboxylic acids is 2. The average Bonchev–Trinajstić information content (AvgIpc) is 2.30. The number of hydrogen-bond donors (Lipinski definition) is 3.